The molecule has 26 heavy (non-hydrogen) atoms. The number of ether oxygens (including phenoxy) is 3. The minimum absolute atomic E-state index is 0.0422. The fourth-order valence-corrected chi connectivity index (χ4v) is 2.41. The van der Waals surface area contributed by atoms with Crippen LogP contribution in [0.3, 0.4) is 0 Å². The third kappa shape index (κ3) is 4.53. The van der Waals surface area contributed by atoms with Crippen LogP contribution in [-0.2, 0) is 14.3 Å². The van der Waals surface area contributed by atoms with E-state index in [9.17, 15) is 14.4 Å². The van der Waals surface area contributed by atoms with Gasteiger partial charge in [-0.05, 0) is 37.6 Å². The highest BCUT2D eigenvalue weighted by Gasteiger charge is 2.33. The second-order valence-corrected chi connectivity index (χ2v) is 5.85. The van der Waals surface area contributed by atoms with Gasteiger partial charge in [-0.25, -0.2) is 4.79 Å². The van der Waals surface area contributed by atoms with E-state index in [0.717, 1.165) is 4.90 Å². The van der Waals surface area contributed by atoms with Crippen molar-refractivity contribution in [3.8, 4) is 11.5 Å². The molecule has 0 aliphatic carbocycles. The van der Waals surface area contributed by atoms with Gasteiger partial charge in [0.2, 0.25) is 0 Å². The first-order valence-electron chi connectivity index (χ1n) is 8.11. The lowest BCUT2D eigenvalue weighted by Gasteiger charge is -2.12. The molecule has 0 unspecified atom stereocenters. The number of imide groups is 1. The van der Waals surface area contributed by atoms with Crippen LogP contribution in [-0.4, -0.2) is 49.7 Å². The van der Waals surface area contributed by atoms with Crippen LogP contribution in [0, 0.1) is 0 Å². The molecular formula is C18H22N2O6. The summed E-state index contributed by atoms with van der Waals surface area (Å²) in [7, 11) is 3.04. The molecule has 0 radical (unpaired) electrons. The summed E-state index contributed by atoms with van der Waals surface area (Å²) in [4.78, 5) is 37.0. The Morgan fingerprint density at radius 2 is 1.88 bits per heavy atom. The summed E-state index contributed by atoms with van der Waals surface area (Å²) in [5.41, 5.74) is 0.784. The number of hydrogen-bond acceptors (Lipinski definition) is 6. The summed E-state index contributed by atoms with van der Waals surface area (Å²) in [6.45, 7) is 3.42. The van der Waals surface area contributed by atoms with Crippen molar-refractivity contribution in [3.05, 3.63) is 29.5 Å². The molecule has 1 aliphatic rings. The van der Waals surface area contributed by atoms with Crippen LogP contribution < -0.4 is 14.8 Å². The lowest BCUT2D eigenvalue weighted by molar-refractivity contribution is -0.147. The Labute approximate surface area is 151 Å². The number of methoxy groups -OCH3 is 2. The van der Waals surface area contributed by atoms with Crippen molar-refractivity contribution in [1.29, 1.82) is 0 Å². The normalized spacial score (nSPS) is 15.4. The van der Waals surface area contributed by atoms with Crippen LogP contribution in [0.2, 0.25) is 0 Å². The smallest absolute Gasteiger partial charge is 0.329 e. The third-order valence-electron chi connectivity index (χ3n) is 3.59. The van der Waals surface area contributed by atoms with E-state index in [4.69, 9.17) is 14.2 Å². The molecule has 0 atom stereocenters. The molecule has 2 rings (SSSR count). The van der Waals surface area contributed by atoms with Crippen molar-refractivity contribution in [2.24, 2.45) is 0 Å². The standard InChI is InChI=1S/C18H22N2O6/c1-11(2)26-16(21)7-8-20-17(22)13(19-18(20)23)9-12-5-6-14(24-3)15(10-12)25-4/h5-6,9-11H,7-8H2,1-4H3,(H,19,23). The maximum absolute atomic E-state index is 12.4. The Balaban J connectivity index is 2.10. The zero-order valence-corrected chi connectivity index (χ0v) is 15.2. The Morgan fingerprint density at radius 1 is 1.19 bits per heavy atom. The number of esters is 1. The minimum atomic E-state index is -0.570. The number of amides is 3. The number of carbonyl (C=O) groups is 3. The topological polar surface area (TPSA) is 94.2 Å². The highest BCUT2D eigenvalue weighted by atomic mass is 16.5. The van der Waals surface area contributed by atoms with Crippen LogP contribution in [0.5, 0.6) is 11.5 Å². The van der Waals surface area contributed by atoms with Gasteiger partial charge in [0.1, 0.15) is 5.70 Å². The molecule has 1 heterocycles. The molecule has 0 spiro atoms. The number of urea groups is 1. The summed E-state index contributed by atoms with van der Waals surface area (Å²) in [5.74, 6) is 0.105. The van der Waals surface area contributed by atoms with Crippen molar-refractivity contribution in [1.82, 2.24) is 10.2 Å². The summed E-state index contributed by atoms with van der Waals surface area (Å²) >= 11 is 0. The van der Waals surface area contributed by atoms with E-state index in [1.165, 1.54) is 20.3 Å². The highest BCUT2D eigenvalue weighted by molar-refractivity contribution is 6.14. The predicted octanol–water partition coefficient (Wildman–Crippen LogP) is 1.94. The number of hydrogen-bond donors (Lipinski definition) is 1. The summed E-state index contributed by atoms with van der Waals surface area (Å²) < 4.78 is 15.4. The second kappa shape index (κ2) is 8.37. The Bertz CT molecular complexity index is 741. The first-order chi connectivity index (χ1) is 12.3. The second-order valence-electron chi connectivity index (χ2n) is 5.85. The van der Waals surface area contributed by atoms with Gasteiger partial charge in [-0.15, -0.1) is 0 Å². The van der Waals surface area contributed by atoms with Gasteiger partial charge in [0.15, 0.2) is 11.5 Å². The molecule has 1 N–H and O–H groups in total. The van der Waals surface area contributed by atoms with Gasteiger partial charge in [0.25, 0.3) is 5.91 Å². The van der Waals surface area contributed by atoms with Gasteiger partial charge < -0.3 is 19.5 Å². The Kier molecular flexibility index (Phi) is 6.21. The van der Waals surface area contributed by atoms with Crippen LogP contribution in [0.1, 0.15) is 25.8 Å². The third-order valence-corrected chi connectivity index (χ3v) is 3.59. The molecule has 0 aromatic heterocycles. The van der Waals surface area contributed by atoms with Gasteiger partial charge >= 0.3 is 12.0 Å². The molecule has 0 bridgehead atoms. The molecule has 1 saturated heterocycles. The Morgan fingerprint density at radius 3 is 2.50 bits per heavy atom. The monoisotopic (exact) mass is 362 g/mol. The van der Waals surface area contributed by atoms with E-state index >= 15 is 0 Å². The fourth-order valence-electron chi connectivity index (χ4n) is 2.41. The van der Waals surface area contributed by atoms with Crippen molar-refractivity contribution in [2.75, 3.05) is 20.8 Å². The summed E-state index contributed by atoms with van der Waals surface area (Å²) in [6, 6.07) is 4.55. The minimum Gasteiger partial charge on any atom is -0.493 e. The van der Waals surface area contributed by atoms with Crippen molar-refractivity contribution >= 4 is 24.0 Å². The first-order valence-corrected chi connectivity index (χ1v) is 8.11. The van der Waals surface area contributed by atoms with E-state index in [1.807, 2.05) is 0 Å². The number of rotatable bonds is 7. The lowest BCUT2D eigenvalue weighted by Crippen LogP contribution is -2.33. The van der Waals surface area contributed by atoms with Gasteiger partial charge in [-0.2, -0.15) is 0 Å². The maximum Gasteiger partial charge on any atom is 0.329 e. The van der Waals surface area contributed by atoms with E-state index in [1.54, 1.807) is 32.0 Å². The van der Waals surface area contributed by atoms with Crippen LogP contribution in [0.25, 0.3) is 6.08 Å². The molecule has 1 aromatic rings. The van der Waals surface area contributed by atoms with Gasteiger partial charge in [0, 0.05) is 6.54 Å². The zero-order valence-electron chi connectivity index (χ0n) is 15.2. The Hall–Kier alpha value is -3.03. The summed E-state index contributed by atoms with van der Waals surface area (Å²) in [5, 5.41) is 2.51. The zero-order chi connectivity index (χ0) is 19.3. The molecular weight excluding hydrogens is 340 g/mol. The quantitative estimate of drug-likeness (QED) is 0.453. The first kappa shape index (κ1) is 19.3. The van der Waals surface area contributed by atoms with E-state index in [0.29, 0.717) is 17.1 Å². The van der Waals surface area contributed by atoms with E-state index in [2.05, 4.69) is 5.32 Å². The van der Waals surface area contributed by atoms with Gasteiger partial charge in [-0.3, -0.25) is 14.5 Å². The van der Waals surface area contributed by atoms with Crippen LogP contribution in [0.15, 0.2) is 23.9 Å². The summed E-state index contributed by atoms with van der Waals surface area (Å²) in [6.07, 6.45) is 1.24. The average Bonchev–Trinajstić information content (AvgIpc) is 2.85. The molecule has 8 nitrogen and oxygen atoms in total. The molecule has 8 heteroatoms. The fraction of sp³-hybridized carbons (Fsp3) is 0.389. The lowest BCUT2D eigenvalue weighted by atomic mass is 10.1. The number of carbonyl (C=O) groups excluding carboxylic acids is 3. The molecule has 140 valence electrons. The van der Waals surface area contributed by atoms with Crippen LogP contribution >= 0.6 is 0 Å². The highest BCUT2D eigenvalue weighted by Crippen LogP contribution is 2.28. The molecule has 1 aliphatic heterocycles. The molecule has 1 aromatic carbocycles. The van der Waals surface area contributed by atoms with Crippen molar-refractivity contribution in [3.63, 3.8) is 0 Å². The molecule has 0 saturated carbocycles. The van der Waals surface area contributed by atoms with E-state index < -0.39 is 17.9 Å². The molecule has 3 amide bonds. The van der Waals surface area contributed by atoms with Crippen LogP contribution in [0.4, 0.5) is 4.79 Å². The number of benzene rings is 1. The van der Waals surface area contributed by atoms with E-state index in [-0.39, 0.29) is 24.8 Å². The SMILES string of the molecule is COc1ccc(C=C2NC(=O)N(CCC(=O)OC(C)C)C2=O)cc1OC. The van der Waals surface area contributed by atoms with Gasteiger partial charge in [0.05, 0.1) is 26.7 Å². The largest absolute Gasteiger partial charge is 0.493 e. The number of nitrogens with one attached hydrogen (secondary N) is 1. The van der Waals surface area contributed by atoms with Crippen molar-refractivity contribution < 1.29 is 28.6 Å². The number of nitrogens with zero attached hydrogens (tertiary/aromatic N) is 1. The van der Waals surface area contributed by atoms with Crippen molar-refractivity contribution in [2.45, 2.75) is 26.4 Å². The predicted molar refractivity (Wildman–Crippen MR) is 93.6 cm³/mol. The average molecular weight is 362 g/mol. The van der Waals surface area contributed by atoms with Gasteiger partial charge in [-0.1, -0.05) is 6.07 Å². The maximum atomic E-state index is 12.4. The molecule has 1 fully saturated rings.